The quantitative estimate of drug-likeness (QED) is 0.693. The molecule has 17 heavy (non-hydrogen) atoms. The first kappa shape index (κ1) is 14.5. The minimum atomic E-state index is -0.510. The summed E-state index contributed by atoms with van der Waals surface area (Å²) < 4.78 is 4.85. The molecule has 1 saturated carbocycles. The molecular weight excluding hydrogens is 214 g/mol. The molecule has 1 rings (SSSR count). The highest BCUT2D eigenvalue weighted by Gasteiger charge is 2.33. The van der Waals surface area contributed by atoms with Crippen molar-refractivity contribution < 1.29 is 9.53 Å². The Labute approximate surface area is 106 Å². The van der Waals surface area contributed by atoms with Crippen LogP contribution in [0.25, 0.3) is 0 Å². The smallest absolute Gasteiger partial charge is 0.325 e. The Morgan fingerprint density at radius 1 is 1.29 bits per heavy atom. The van der Waals surface area contributed by atoms with Crippen LogP contribution in [0.4, 0.5) is 0 Å². The number of ether oxygens (including phenoxy) is 1. The molecule has 1 aliphatic rings. The molecule has 0 bridgehead atoms. The zero-order chi connectivity index (χ0) is 12.9. The van der Waals surface area contributed by atoms with Gasteiger partial charge in [0.2, 0.25) is 0 Å². The fourth-order valence-electron chi connectivity index (χ4n) is 2.54. The highest BCUT2D eigenvalue weighted by Crippen LogP contribution is 2.27. The SMILES string of the molecule is COC(=O)C(C)(C)N(C)CCC1CCCCC1. The summed E-state index contributed by atoms with van der Waals surface area (Å²) in [6.45, 7) is 4.84. The molecule has 0 heterocycles. The summed E-state index contributed by atoms with van der Waals surface area (Å²) in [5, 5.41) is 0. The maximum Gasteiger partial charge on any atom is 0.325 e. The van der Waals surface area contributed by atoms with Gasteiger partial charge in [-0.3, -0.25) is 9.69 Å². The van der Waals surface area contributed by atoms with Gasteiger partial charge in [0.25, 0.3) is 0 Å². The van der Waals surface area contributed by atoms with Crippen molar-refractivity contribution in [1.82, 2.24) is 4.90 Å². The van der Waals surface area contributed by atoms with Gasteiger partial charge in [0.05, 0.1) is 7.11 Å². The van der Waals surface area contributed by atoms with Gasteiger partial charge in [-0.05, 0) is 39.8 Å². The topological polar surface area (TPSA) is 29.5 Å². The van der Waals surface area contributed by atoms with Crippen molar-refractivity contribution in [2.75, 3.05) is 20.7 Å². The number of esters is 1. The predicted molar refractivity (Wildman–Crippen MR) is 69.9 cm³/mol. The minimum absolute atomic E-state index is 0.149. The summed E-state index contributed by atoms with van der Waals surface area (Å²) in [5.41, 5.74) is -0.510. The fraction of sp³-hybridized carbons (Fsp3) is 0.929. The number of hydrogen-bond donors (Lipinski definition) is 0. The van der Waals surface area contributed by atoms with Gasteiger partial charge in [-0.25, -0.2) is 0 Å². The summed E-state index contributed by atoms with van der Waals surface area (Å²) in [6.07, 6.45) is 8.11. The second-order valence-corrected chi connectivity index (χ2v) is 5.76. The third-order valence-corrected chi connectivity index (χ3v) is 4.24. The van der Waals surface area contributed by atoms with E-state index in [1.807, 2.05) is 20.9 Å². The molecule has 100 valence electrons. The lowest BCUT2D eigenvalue weighted by molar-refractivity contribution is -0.152. The van der Waals surface area contributed by atoms with Crippen molar-refractivity contribution in [2.24, 2.45) is 5.92 Å². The lowest BCUT2D eigenvalue weighted by atomic mass is 9.86. The van der Waals surface area contributed by atoms with Gasteiger partial charge in [-0.2, -0.15) is 0 Å². The molecule has 3 heteroatoms. The van der Waals surface area contributed by atoms with Crippen molar-refractivity contribution >= 4 is 5.97 Å². The average molecular weight is 241 g/mol. The summed E-state index contributed by atoms with van der Waals surface area (Å²) >= 11 is 0. The molecule has 1 aliphatic carbocycles. The Bertz CT molecular complexity index is 245. The third kappa shape index (κ3) is 3.98. The van der Waals surface area contributed by atoms with Crippen molar-refractivity contribution in [3.05, 3.63) is 0 Å². The molecule has 0 amide bonds. The normalized spacial score (nSPS) is 18.4. The first-order valence-corrected chi connectivity index (χ1v) is 6.78. The van der Waals surface area contributed by atoms with Crippen molar-refractivity contribution in [1.29, 1.82) is 0 Å². The molecule has 0 saturated heterocycles. The average Bonchev–Trinajstić information content (AvgIpc) is 2.35. The Morgan fingerprint density at radius 2 is 1.88 bits per heavy atom. The largest absolute Gasteiger partial charge is 0.468 e. The lowest BCUT2D eigenvalue weighted by Gasteiger charge is -2.34. The van der Waals surface area contributed by atoms with Crippen LogP contribution in [0.2, 0.25) is 0 Å². The van der Waals surface area contributed by atoms with Crippen LogP contribution < -0.4 is 0 Å². The number of nitrogens with zero attached hydrogens (tertiary/aromatic N) is 1. The summed E-state index contributed by atoms with van der Waals surface area (Å²) in [6, 6.07) is 0. The second-order valence-electron chi connectivity index (χ2n) is 5.76. The van der Waals surface area contributed by atoms with Crippen molar-refractivity contribution in [2.45, 2.75) is 57.9 Å². The maximum atomic E-state index is 11.7. The number of carbonyl (C=O) groups is 1. The summed E-state index contributed by atoms with van der Waals surface area (Å²) in [7, 11) is 3.47. The van der Waals surface area contributed by atoms with Crippen LogP contribution in [0, 0.1) is 5.92 Å². The zero-order valence-electron chi connectivity index (χ0n) is 11.8. The zero-order valence-corrected chi connectivity index (χ0v) is 11.8. The monoisotopic (exact) mass is 241 g/mol. The van der Waals surface area contributed by atoms with E-state index in [1.54, 1.807) is 0 Å². The van der Waals surface area contributed by atoms with Gasteiger partial charge in [0.1, 0.15) is 5.54 Å². The van der Waals surface area contributed by atoms with Gasteiger partial charge in [-0.15, -0.1) is 0 Å². The maximum absolute atomic E-state index is 11.7. The molecule has 0 aliphatic heterocycles. The molecule has 0 aromatic rings. The van der Waals surface area contributed by atoms with E-state index in [1.165, 1.54) is 45.6 Å². The molecule has 1 fully saturated rings. The number of rotatable bonds is 5. The second kappa shape index (κ2) is 6.39. The van der Waals surface area contributed by atoms with Gasteiger partial charge >= 0.3 is 5.97 Å². The molecule has 0 atom stereocenters. The third-order valence-electron chi connectivity index (χ3n) is 4.24. The molecule has 0 N–H and O–H groups in total. The Morgan fingerprint density at radius 3 is 2.41 bits per heavy atom. The van der Waals surface area contributed by atoms with Gasteiger partial charge in [0, 0.05) is 0 Å². The van der Waals surface area contributed by atoms with Crippen LogP contribution in [0.15, 0.2) is 0 Å². The molecule has 0 aromatic heterocycles. The first-order chi connectivity index (χ1) is 7.98. The van der Waals surface area contributed by atoms with E-state index in [9.17, 15) is 4.79 Å². The van der Waals surface area contributed by atoms with Crippen molar-refractivity contribution in [3.8, 4) is 0 Å². The Hall–Kier alpha value is -0.570. The number of carbonyl (C=O) groups excluding carboxylic acids is 1. The standard InChI is InChI=1S/C14H27NO2/c1-14(2,13(16)17-4)15(3)11-10-12-8-6-5-7-9-12/h12H,5-11H2,1-4H3. The van der Waals surface area contributed by atoms with E-state index >= 15 is 0 Å². The fourth-order valence-corrected chi connectivity index (χ4v) is 2.54. The molecule has 3 nitrogen and oxygen atoms in total. The van der Waals surface area contributed by atoms with E-state index in [2.05, 4.69) is 4.90 Å². The highest BCUT2D eigenvalue weighted by atomic mass is 16.5. The summed E-state index contributed by atoms with van der Waals surface area (Å²) in [5.74, 6) is 0.711. The van der Waals surface area contributed by atoms with Crippen LogP contribution in [0.1, 0.15) is 52.4 Å². The predicted octanol–water partition coefficient (Wildman–Crippen LogP) is 2.84. The van der Waals surface area contributed by atoms with Gasteiger partial charge in [0.15, 0.2) is 0 Å². The molecule has 0 spiro atoms. The van der Waals surface area contributed by atoms with E-state index in [4.69, 9.17) is 4.74 Å². The highest BCUT2D eigenvalue weighted by molar-refractivity contribution is 5.79. The van der Waals surface area contributed by atoms with Crippen LogP contribution in [-0.2, 0) is 9.53 Å². The Balaban J connectivity index is 2.37. The van der Waals surface area contributed by atoms with Crippen molar-refractivity contribution in [3.63, 3.8) is 0 Å². The van der Waals surface area contributed by atoms with Crippen LogP contribution in [0.5, 0.6) is 0 Å². The van der Waals surface area contributed by atoms with Gasteiger partial charge < -0.3 is 4.74 Å². The lowest BCUT2D eigenvalue weighted by Crippen LogP contribution is -2.49. The molecule has 0 radical (unpaired) electrons. The Kier molecular flexibility index (Phi) is 5.44. The number of hydrogen-bond acceptors (Lipinski definition) is 3. The van der Waals surface area contributed by atoms with E-state index in [-0.39, 0.29) is 5.97 Å². The van der Waals surface area contributed by atoms with Crippen LogP contribution in [-0.4, -0.2) is 37.1 Å². The van der Waals surface area contributed by atoms with Gasteiger partial charge in [-0.1, -0.05) is 32.1 Å². The molecule has 0 aromatic carbocycles. The minimum Gasteiger partial charge on any atom is -0.468 e. The van der Waals surface area contributed by atoms with E-state index in [0.717, 1.165) is 12.5 Å². The first-order valence-electron chi connectivity index (χ1n) is 6.78. The number of likely N-dealkylation sites (N-methyl/N-ethyl adjacent to an activating group) is 1. The van der Waals surface area contributed by atoms with Crippen LogP contribution in [0.3, 0.4) is 0 Å². The van der Waals surface area contributed by atoms with E-state index in [0.29, 0.717) is 0 Å². The van der Waals surface area contributed by atoms with E-state index < -0.39 is 5.54 Å². The molecule has 0 unspecified atom stereocenters. The number of methoxy groups -OCH3 is 1. The van der Waals surface area contributed by atoms with Crippen LogP contribution >= 0.6 is 0 Å². The summed E-state index contributed by atoms with van der Waals surface area (Å²) in [4.78, 5) is 13.8. The molecular formula is C14H27NO2.